The molecular weight excluding hydrogens is 356 g/mol. The van der Waals surface area contributed by atoms with Gasteiger partial charge in [0, 0.05) is 34.1 Å². The third-order valence-electron chi connectivity index (χ3n) is 7.89. The predicted octanol–water partition coefficient (Wildman–Crippen LogP) is 2.67. The van der Waals surface area contributed by atoms with Gasteiger partial charge in [-0.3, -0.25) is 29.0 Å². The van der Waals surface area contributed by atoms with Crippen LogP contribution >= 0.6 is 0 Å². The van der Waals surface area contributed by atoms with Crippen molar-refractivity contribution in [3.8, 4) is 0 Å². The van der Waals surface area contributed by atoms with E-state index < -0.39 is 22.9 Å². The first kappa shape index (κ1) is 19.3. The second kappa shape index (κ2) is 5.77. The molecule has 1 saturated carbocycles. The fraction of sp³-hybridized carbons (Fsp3) is 0.727. The summed E-state index contributed by atoms with van der Waals surface area (Å²) in [6.07, 6.45) is 2.72. The monoisotopic (exact) mass is 386 g/mol. The van der Waals surface area contributed by atoms with Crippen LogP contribution in [0.25, 0.3) is 0 Å². The van der Waals surface area contributed by atoms with Crippen LogP contribution in [0, 0.1) is 23.7 Å². The molecule has 0 aromatic rings. The number of fused-ring (bicyclic) bond motifs is 1. The molecule has 6 heteroatoms. The highest BCUT2D eigenvalue weighted by atomic mass is 16.2. The number of imide groups is 2. The molecule has 0 spiro atoms. The molecule has 0 N–H and O–H groups in total. The first-order valence-corrected chi connectivity index (χ1v) is 10.5. The van der Waals surface area contributed by atoms with Crippen molar-refractivity contribution in [2.24, 2.45) is 23.7 Å². The van der Waals surface area contributed by atoms with Gasteiger partial charge >= 0.3 is 0 Å². The van der Waals surface area contributed by atoms with Crippen LogP contribution in [0.5, 0.6) is 0 Å². The van der Waals surface area contributed by atoms with E-state index in [1.54, 1.807) is 0 Å². The highest BCUT2D eigenvalue weighted by molar-refractivity contribution is 6.22. The van der Waals surface area contributed by atoms with E-state index in [2.05, 4.69) is 0 Å². The molecule has 1 saturated heterocycles. The largest absolute Gasteiger partial charge is 0.276 e. The van der Waals surface area contributed by atoms with Gasteiger partial charge in [-0.15, -0.1) is 0 Å². The van der Waals surface area contributed by atoms with E-state index in [1.807, 2.05) is 41.5 Å². The smallest absolute Gasteiger partial charge is 0.257 e. The van der Waals surface area contributed by atoms with Gasteiger partial charge in [0.25, 0.3) is 11.8 Å². The molecular formula is C22H30N2O4. The topological polar surface area (TPSA) is 74.8 Å². The summed E-state index contributed by atoms with van der Waals surface area (Å²) >= 11 is 0. The van der Waals surface area contributed by atoms with Gasteiger partial charge in [-0.25, -0.2) is 0 Å². The maximum absolute atomic E-state index is 13.3. The number of amides is 4. The molecule has 0 aromatic carbocycles. The van der Waals surface area contributed by atoms with E-state index in [1.165, 1.54) is 9.80 Å². The summed E-state index contributed by atoms with van der Waals surface area (Å²) in [5.74, 6) is -2.40. The van der Waals surface area contributed by atoms with Crippen molar-refractivity contribution < 1.29 is 19.2 Å². The Morgan fingerprint density at radius 2 is 1.07 bits per heavy atom. The van der Waals surface area contributed by atoms with Crippen molar-refractivity contribution in [3.63, 3.8) is 0 Å². The average molecular weight is 386 g/mol. The van der Waals surface area contributed by atoms with Gasteiger partial charge in [0.15, 0.2) is 0 Å². The minimum absolute atomic E-state index is 0.156. The van der Waals surface area contributed by atoms with Crippen molar-refractivity contribution in [1.82, 2.24) is 9.80 Å². The molecule has 5 aliphatic rings. The summed E-state index contributed by atoms with van der Waals surface area (Å²) in [6.45, 7) is 11.5. The number of nitrogens with zero attached hydrogens (tertiary/aromatic N) is 2. The zero-order valence-corrected chi connectivity index (χ0v) is 17.7. The molecule has 2 bridgehead atoms. The van der Waals surface area contributed by atoms with E-state index >= 15 is 0 Å². The van der Waals surface area contributed by atoms with Crippen LogP contribution in [-0.4, -0.2) is 44.5 Å². The van der Waals surface area contributed by atoms with E-state index in [0.29, 0.717) is 36.8 Å². The Morgan fingerprint density at radius 1 is 0.714 bits per heavy atom. The molecule has 0 radical (unpaired) electrons. The Morgan fingerprint density at radius 3 is 1.43 bits per heavy atom. The van der Waals surface area contributed by atoms with Gasteiger partial charge in [0.2, 0.25) is 11.8 Å². The highest BCUT2D eigenvalue weighted by Crippen LogP contribution is 2.59. The molecule has 3 aliphatic carbocycles. The third-order valence-corrected chi connectivity index (χ3v) is 7.89. The number of rotatable bonds is 4. The Balaban J connectivity index is 1.79. The fourth-order valence-electron chi connectivity index (χ4n) is 5.67. The van der Waals surface area contributed by atoms with Gasteiger partial charge in [-0.1, -0.05) is 13.8 Å². The molecule has 4 atom stereocenters. The number of hydrogen-bond donors (Lipinski definition) is 0. The van der Waals surface area contributed by atoms with Crippen molar-refractivity contribution in [2.45, 2.75) is 78.3 Å². The maximum atomic E-state index is 13.3. The van der Waals surface area contributed by atoms with Crippen molar-refractivity contribution in [2.75, 3.05) is 0 Å². The Bertz CT molecular complexity index is 771. The lowest BCUT2D eigenvalue weighted by atomic mass is 9.57. The second-order valence-electron chi connectivity index (χ2n) is 9.96. The lowest BCUT2D eigenvalue weighted by Crippen LogP contribution is -2.49. The lowest BCUT2D eigenvalue weighted by molar-refractivity contribution is -0.146. The van der Waals surface area contributed by atoms with E-state index in [0.717, 1.165) is 0 Å². The molecule has 2 aliphatic heterocycles. The molecule has 4 amide bonds. The van der Waals surface area contributed by atoms with Crippen LogP contribution in [0.15, 0.2) is 11.1 Å². The van der Waals surface area contributed by atoms with Crippen molar-refractivity contribution in [1.29, 1.82) is 0 Å². The summed E-state index contributed by atoms with van der Waals surface area (Å²) in [5.41, 5.74) is -0.0769. The van der Waals surface area contributed by atoms with E-state index in [4.69, 9.17) is 0 Å². The number of hydrogen-bond acceptors (Lipinski definition) is 4. The zero-order chi connectivity index (χ0) is 20.8. The average Bonchev–Trinajstić information content (AvgIpc) is 3.09. The van der Waals surface area contributed by atoms with Crippen LogP contribution in [0.2, 0.25) is 0 Å². The van der Waals surface area contributed by atoms with Gasteiger partial charge in [-0.05, 0) is 53.4 Å². The van der Waals surface area contributed by atoms with Crippen LogP contribution in [0.3, 0.4) is 0 Å². The van der Waals surface area contributed by atoms with Gasteiger partial charge in [-0.2, -0.15) is 0 Å². The van der Waals surface area contributed by atoms with Gasteiger partial charge in [0.05, 0.1) is 11.8 Å². The molecule has 0 aromatic heterocycles. The summed E-state index contributed by atoms with van der Waals surface area (Å²) in [6, 6.07) is 0. The molecule has 2 heterocycles. The van der Waals surface area contributed by atoms with E-state index in [-0.39, 0.29) is 35.5 Å². The van der Waals surface area contributed by atoms with Crippen LogP contribution in [-0.2, 0) is 19.2 Å². The highest BCUT2D eigenvalue weighted by Gasteiger charge is 2.66. The van der Waals surface area contributed by atoms with Crippen LogP contribution < -0.4 is 0 Å². The van der Waals surface area contributed by atoms with Crippen molar-refractivity contribution >= 4 is 23.6 Å². The fourth-order valence-corrected chi connectivity index (χ4v) is 5.67. The summed E-state index contributed by atoms with van der Waals surface area (Å²) in [5, 5.41) is 0. The number of carbonyl (C=O) groups is 4. The summed E-state index contributed by atoms with van der Waals surface area (Å²) < 4.78 is 0. The maximum Gasteiger partial charge on any atom is 0.257 e. The normalized spacial score (nSPS) is 32.6. The minimum atomic E-state index is -0.579. The lowest BCUT2D eigenvalue weighted by Gasteiger charge is -2.42. The number of carbonyl (C=O) groups excluding carboxylic acids is 4. The number of likely N-dealkylation sites (tertiary alicyclic amines) is 1. The standard InChI is InChI=1S/C22H30N2O4/c1-7-21(3,4)23-17(25)13-11-9-10-12(14(13)18(23)26)16-15(11)19(27)24(20(16)28)22(5,6)8-2/h11-14H,7-10H2,1-6H3. The third kappa shape index (κ3) is 2.15. The molecule has 152 valence electrons. The molecule has 5 rings (SSSR count). The van der Waals surface area contributed by atoms with Gasteiger partial charge in [0.1, 0.15) is 0 Å². The summed E-state index contributed by atoms with van der Waals surface area (Å²) in [7, 11) is 0. The van der Waals surface area contributed by atoms with Crippen molar-refractivity contribution in [3.05, 3.63) is 11.1 Å². The molecule has 4 unspecified atom stereocenters. The first-order chi connectivity index (χ1) is 13.0. The van der Waals surface area contributed by atoms with Crippen LogP contribution in [0.4, 0.5) is 0 Å². The first-order valence-electron chi connectivity index (χ1n) is 10.5. The Labute approximate surface area is 166 Å². The van der Waals surface area contributed by atoms with E-state index in [9.17, 15) is 19.2 Å². The zero-order valence-electron chi connectivity index (χ0n) is 17.7. The van der Waals surface area contributed by atoms with Crippen LogP contribution in [0.1, 0.15) is 67.2 Å². The predicted molar refractivity (Wildman–Crippen MR) is 103 cm³/mol. The van der Waals surface area contributed by atoms with Gasteiger partial charge < -0.3 is 0 Å². The molecule has 2 fully saturated rings. The summed E-state index contributed by atoms with van der Waals surface area (Å²) in [4.78, 5) is 56.1. The second-order valence-corrected chi connectivity index (χ2v) is 9.96. The molecule has 28 heavy (non-hydrogen) atoms. The minimum Gasteiger partial charge on any atom is -0.276 e. The molecule has 6 nitrogen and oxygen atoms in total. The SMILES string of the molecule is CCC(C)(C)N1C(=O)C2=C(C1=O)C1CCC2C2C(=O)N(C(C)(C)CC)C(=O)C12. The quantitative estimate of drug-likeness (QED) is 0.696. The Kier molecular flexibility index (Phi) is 3.99. The Hall–Kier alpha value is -1.98.